The van der Waals surface area contributed by atoms with Crippen LogP contribution in [0.3, 0.4) is 0 Å². The molecule has 0 aliphatic carbocycles. The number of aromatic nitrogens is 1. The number of fused-ring (bicyclic) bond motifs is 1. The van der Waals surface area contributed by atoms with E-state index in [1.165, 1.54) is 24.2 Å². The Morgan fingerprint density at radius 2 is 1.87 bits per heavy atom. The summed E-state index contributed by atoms with van der Waals surface area (Å²) in [5, 5.41) is 0.929. The van der Waals surface area contributed by atoms with Crippen LogP contribution in [0, 0.1) is 0 Å². The summed E-state index contributed by atoms with van der Waals surface area (Å²) in [5.41, 5.74) is 8.70. The number of anilines is 2. The van der Waals surface area contributed by atoms with Crippen LogP contribution in [0.4, 0.5) is 11.4 Å². The van der Waals surface area contributed by atoms with E-state index in [9.17, 15) is 4.79 Å². The number of carbonyl (C=O) groups is 1. The molecule has 0 atom stereocenters. The van der Waals surface area contributed by atoms with E-state index in [2.05, 4.69) is 9.88 Å². The summed E-state index contributed by atoms with van der Waals surface area (Å²) in [6.07, 6.45) is 4.20. The predicted octanol–water partition coefficient (Wildman–Crippen LogP) is 3.71. The normalized spacial score (nSPS) is 14.5. The van der Waals surface area contributed by atoms with Crippen LogP contribution in [-0.4, -0.2) is 23.9 Å². The highest BCUT2D eigenvalue weighted by Crippen LogP contribution is 2.40. The third-order valence-electron chi connectivity index (χ3n) is 4.30. The van der Waals surface area contributed by atoms with Crippen molar-refractivity contribution < 1.29 is 4.79 Å². The monoisotopic (exact) mass is 323 g/mol. The summed E-state index contributed by atoms with van der Waals surface area (Å²) in [6.45, 7) is 2.08. The third kappa shape index (κ3) is 2.37. The Labute approximate surface area is 138 Å². The van der Waals surface area contributed by atoms with E-state index in [1.807, 2.05) is 42.6 Å². The number of thiophene rings is 1. The summed E-state index contributed by atoms with van der Waals surface area (Å²) in [6, 6.07) is 11.3. The second kappa shape index (κ2) is 5.66. The molecular formula is C18H17N3OS. The molecule has 4 rings (SSSR count). The number of nitrogens with two attached hydrogens (primary N) is 1. The zero-order valence-corrected chi connectivity index (χ0v) is 13.5. The molecule has 3 aromatic rings. The first-order valence-corrected chi connectivity index (χ1v) is 8.59. The molecule has 0 saturated carbocycles. The van der Waals surface area contributed by atoms with Crippen LogP contribution in [0.2, 0.25) is 0 Å². The third-order valence-corrected chi connectivity index (χ3v) is 5.41. The van der Waals surface area contributed by atoms with Crippen molar-refractivity contribution in [1.82, 2.24) is 4.98 Å². The smallest absolute Gasteiger partial charge is 0.205 e. The van der Waals surface area contributed by atoms with Crippen LogP contribution in [0.15, 0.2) is 42.6 Å². The van der Waals surface area contributed by atoms with Gasteiger partial charge in [-0.1, -0.05) is 30.3 Å². The summed E-state index contributed by atoms with van der Waals surface area (Å²) in [4.78, 5) is 21.0. The van der Waals surface area contributed by atoms with Gasteiger partial charge in [-0.25, -0.2) is 4.98 Å². The summed E-state index contributed by atoms with van der Waals surface area (Å²) in [7, 11) is 0. The standard InChI is InChI=1S/C18H17N3OS/c19-15-14-13(21-10-4-5-11-21)8-9-20-18(14)23-17(15)16(22)12-6-2-1-3-7-12/h1-3,6-9H,4-5,10-11,19H2. The van der Waals surface area contributed by atoms with Crippen LogP contribution < -0.4 is 10.6 Å². The Balaban J connectivity index is 1.85. The molecule has 2 N–H and O–H groups in total. The van der Waals surface area contributed by atoms with E-state index in [1.54, 1.807) is 0 Å². The maximum Gasteiger partial charge on any atom is 0.205 e. The van der Waals surface area contributed by atoms with E-state index in [0.717, 1.165) is 29.0 Å². The van der Waals surface area contributed by atoms with Crippen molar-refractivity contribution in [2.45, 2.75) is 12.8 Å². The van der Waals surface area contributed by atoms with E-state index in [-0.39, 0.29) is 5.78 Å². The average Bonchev–Trinajstić information content (AvgIpc) is 3.23. The van der Waals surface area contributed by atoms with E-state index in [0.29, 0.717) is 16.1 Å². The van der Waals surface area contributed by atoms with E-state index in [4.69, 9.17) is 5.73 Å². The molecule has 0 spiro atoms. The maximum atomic E-state index is 12.8. The largest absolute Gasteiger partial charge is 0.397 e. The van der Waals surface area contributed by atoms with Crippen molar-refractivity contribution in [3.8, 4) is 0 Å². The van der Waals surface area contributed by atoms with Crippen molar-refractivity contribution in [1.29, 1.82) is 0 Å². The molecule has 0 radical (unpaired) electrons. The molecule has 0 bridgehead atoms. The molecule has 2 aromatic heterocycles. The average molecular weight is 323 g/mol. The predicted molar refractivity (Wildman–Crippen MR) is 95.4 cm³/mol. The minimum Gasteiger partial charge on any atom is -0.397 e. The number of nitrogen functional groups attached to an aromatic ring is 1. The number of hydrogen-bond acceptors (Lipinski definition) is 5. The maximum absolute atomic E-state index is 12.8. The number of pyridine rings is 1. The van der Waals surface area contributed by atoms with Gasteiger partial charge in [0.15, 0.2) is 0 Å². The van der Waals surface area contributed by atoms with Gasteiger partial charge in [-0.15, -0.1) is 11.3 Å². The van der Waals surface area contributed by atoms with Gasteiger partial charge in [-0.3, -0.25) is 4.79 Å². The molecule has 0 unspecified atom stereocenters. The summed E-state index contributed by atoms with van der Waals surface area (Å²) >= 11 is 1.39. The molecule has 1 fully saturated rings. The highest BCUT2D eigenvalue weighted by atomic mass is 32.1. The molecule has 1 aromatic carbocycles. The van der Waals surface area contributed by atoms with Crippen molar-refractivity contribution in [2.24, 2.45) is 0 Å². The van der Waals surface area contributed by atoms with Crippen molar-refractivity contribution in [2.75, 3.05) is 23.7 Å². The molecule has 3 heterocycles. The first-order valence-electron chi connectivity index (χ1n) is 7.77. The van der Waals surface area contributed by atoms with Crippen molar-refractivity contribution >= 4 is 38.7 Å². The Morgan fingerprint density at radius 1 is 1.13 bits per heavy atom. The number of hydrogen-bond donors (Lipinski definition) is 1. The lowest BCUT2D eigenvalue weighted by atomic mass is 10.1. The van der Waals surface area contributed by atoms with Gasteiger partial charge < -0.3 is 10.6 Å². The fourth-order valence-electron chi connectivity index (χ4n) is 3.14. The Morgan fingerprint density at radius 3 is 2.61 bits per heavy atom. The highest BCUT2D eigenvalue weighted by Gasteiger charge is 2.23. The SMILES string of the molecule is Nc1c(C(=O)c2ccccc2)sc2nccc(N3CCCC3)c12. The second-order valence-corrected chi connectivity index (χ2v) is 6.74. The van der Waals surface area contributed by atoms with Gasteiger partial charge in [0.05, 0.1) is 16.8 Å². The Bertz CT molecular complexity index is 867. The first kappa shape index (κ1) is 14.2. The van der Waals surface area contributed by atoms with Crippen LogP contribution >= 0.6 is 11.3 Å². The lowest BCUT2D eigenvalue weighted by molar-refractivity contribution is 0.104. The van der Waals surface area contributed by atoms with Gasteiger partial charge in [-0.05, 0) is 18.9 Å². The Kier molecular flexibility index (Phi) is 3.50. The van der Waals surface area contributed by atoms with Crippen molar-refractivity contribution in [3.63, 3.8) is 0 Å². The quantitative estimate of drug-likeness (QED) is 0.747. The summed E-state index contributed by atoms with van der Waals surface area (Å²) in [5.74, 6) is -0.0292. The van der Waals surface area contributed by atoms with Gasteiger partial charge in [0.2, 0.25) is 5.78 Å². The van der Waals surface area contributed by atoms with Gasteiger partial charge in [-0.2, -0.15) is 0 Å². The van der Waals surface area contributed by atoms with Gasteiger partial charge in [0.25, 0.3) is 0 Å². The molecule has 4 nitrogen and oxygen atoms in total. The minimum atomic E-state index is -0.0292. The van der Waals surface area contributed by atoms with Crippen LogP contribution in [0.5, 0.6) is 0 Å². The zero-order valence-electron chi connectivity index (χ0n) is 12.7. The second-order valence-electron chi connectivity index (χ2n) is 5.74. The van der Waals surface area contributed by atoms with Gasteiger partial charge >= 0.3 is 0 Å². The topological polar surface area (TPSA) is 59.2 Å². The van der Waals surface area contributed by atoms with Crippen LogP contribution in [0.25, 0.3) is 10.2 Å². The molecule has 116 valence electrons. The molecule has 5 heteroatoms. The van der Waals surface area contributed by atoms with Gasteiger partial charge in [0, 0.05) is 24.8 Å². The van der Waals surface area contributed by atoms with E-state index < -0.39 is 0 Å². The van der Waals surface area contributed by atoms with Crippen LogP contribution in [-0.2, 0) is 0 Å². The van der Waals surface area contributed by atoms with E-state index >= 15 is 0 Å². The molecular weight excluding hydrogens is 306 g/mol. The molecule has 1 saturated heterocycles. The first-order chi connectivity index (χ1) is 11.3. The number of carbonyl (C=O) groups excluding carboxylic acids is 1. The number of ketones is 1. The minimum absolute atomic E-state index is 0.0292. The molecule has 23 heavy (non-hydrogen) atoms. The number of nitrogens with zero attached hydrogens (tertiary/aromatic N) is 2. The molecule has 1 aliphatic rings. The lowest BCUT2D eigenvalue weighted by Gasteiger charge is -2.18. The fourth-order valence-corrected chi connectivity index (χ4v) is 4.19. The lowest BCUT2D eigenvalue weighted by Crippen LogP contribution is -2.18. The fraction of sp³-hybridized carbons (Fsp3) is 0.222. The Hall–Kier alpha value is -2.40. The van der Waals surface area contributed by atoms with Crippen LogP contribution in [0.1, 0.15) is 28.1 Å². The number of rotatable bonds is 3. The number of benzene rings is 1. The molecule has 1 aliphatic heterocycles. The highest BCUT2D eigenvalue weighted by molar-refractivity contribution is 7.21. The molecule has 0 amide bonds. The summed E-state index contributed by atoms with van der Waals surface area (Å²) < 4.78 is 0. The van der Waals surface area contributed by atoms with Gasteiger partial charge in [0.1, 0.15) is 9.71 Å². The van der Waals surface area contributed by atoms with Crippen molar-refractivity contribution in [3.05, 3.63) is 53.0 Å². The zero-order chi connectivity index (χ0) is 15.8.